The minimum atomic E-state index is -0.246. The first-order chi connectivity index (χ1) is 15.6. The number of amides is 1. The number of anilines is 1. The van der Waals surface area contributed by atoms with Gasteiger partial charge >= 0.3 is 0 Å². The zero-order chi connectivity index (χ0) is 22.7. The third-order valence-corrected chi connectivity index (χ3v) is 5.60. The molecule has 8 heteroatoms. The molecule has 0 fully saturated rings. The smallest absolute Gasteiger partial charge is 0.226 e. The summed E-state index contributed by atoms with van der Waals surface area (Å²) in [6.45, 7) is 2.46. The van der Waals surface area contributed by atoms with Crippen LogP contribution in [0.2, 0.25) is 0 Å². The van der Waals surface area contributed by atoms with Crippen molar-refractivity contribution in [3.63, 3.8) is 0 Å². The lowest BCUT2D eigenvalue weighted by molar-refractivity contribution is -0.116. The van der Waals surface area contributed by atoms with Gasteiger partial charge in [-0.25, -0.2) is 0 Å². The predicted molar refractivity (Wildman–Crippen MR) is 120 cm³/mol. The van der Waals surface area contributed by atoms with Gasteiger partial charge in [0.2, 0.25) is 5.91 Å². The average Bonchev–Trinajstić information content (AvgIpc) is 3.25. The summed E-state index contributed by atoms with van der Waals surface area (Å²) in [4.78, 5) is 12.4. The van der Waals surface area contributed by atoms with E-state index in [0.717, 1.165) is 28.8 Å². The number of H-pyrrole nitrogens is 1. The van der Waals surface area contributed by atoms with Gasteiger partial charge in [0.05, 0.1) is 33.1 Å². The Kier molecular flexibility index (Phi) is 6.32. The monoisotopic (exact) mass is 437 g/mol. The van der Waals surface area contributed by atoms with Crippen LogP contribution in [0.25, 0.3) is 11.3 Å². The van der Waals surface area contributed by atoms with Crippen LogP contribution in [-0.4, -0.2) is 42.0 Å². The molecule has 32 heavy (non-hydrogen) atoms. The standard InChI is InChI=1S/C24H27N3O5/c1-4-9-32-19-8-5-14(10-15(19)13-28)18-12-21(29)25-24-22(18)23(26-27-24)17-7-6-16(30-2)11-20(17)31-3/h5-8,10-11,18,28H,4,9,12-13H2,1-3H3,(H2,25,26,27,29). The van der Waals surface area contributed by atoms with Crippen molar-refractivity contribution < 1.29 is 24.1 Å². The second-order valence-corrected chi connectivity index (χ2v) is 7.61. The number of fused-ring (bicyclic) bond motifs is 1. The first kappa shape index (κ1) is 21.7. The first-order valence-corrected chi connectivity index (χ1v) is 10.6. The van der Waals surface area contributed by atoms with E-state index in [9.17, 15) is 9.90 Å². The molecule has 0 saturated heterocycles. The number of methoxy groups -OCH3 is 2. The summed E-state index contributed by atoms with van der Waals surface area (Å²) in [7, 11) is 3.20. The minimum Gasteiger partial charge on any atom is -0.497 e. The summed E-state index contributed by atoms with van der Waals surface area (Å²) in [5, 5.41) is 20.2. The molecule has 0 saturated carbocycles. The Morgan fingerprint density at radius 2 is 1.97 bits per heavy atom. The normalized spacial score (nSPS) is 15.1. The van der Waals surface area contributed by atoms with Crippen LogP contribution >= 0.6 is 0 Å². The van der Waals surface area contributed by atoms with Gasteiger partial charge in [-0.1, -0.05) is 13.0 Å². The van der Waals surface area contributed by atoms with Crippen LogP contribution in [-0.2, 0) is 11.4 Å². The molecule has 0 spiro atoms. The fourth-order valence-corrected chi connectivity index (χ4v) is 4.04. The molecular weight excluding hydrogens is 410 g/mol. The second kappa shape index (κ2) is 9.32. The highest BCUT2D eigenvalue weighted by molar-refractivity contribution is 5.96. The zero-order valence-corrected chi connectivity index (χ0v) is 18.4. The van der Waals surface area contributed by atoms with Crippen LogP contribution in [0.3, 0.4) is 0 Å². The van der Waals surface area contributed by atoms with Gasteiger partial charge in [-0.15, -0.1) is 0 Å². The highest BCUT2D eigenvalue weighted by atomic mass is 16.5. The number of rotatable bonds is 8. The molecular formula is C24H27N3O5. The third-order valence-electron chi connectivity index (χ3n) is 5.60. The molecule has 4 rings (SSSR count). The van der Waals surface area contributed by atoms with E-state index in [4.69, 9.17) is 14.2 Å². The number of hydrogen-bond donors (Lipinski definition) is 3. The highest BCUT2D eigenvalue weighted by Crippen LogP contribution is 2.45. The highest BCUT2D eigenvalue weighted by Gasteiger charge is 2.33. The van der Waals surface area contributed by atoms with Crippen molar-refractivity contribution >= 4 is 11.7 Å². The number of hydrogen-bond acceptors (Lipinski definition) is 6. The average molecular weight is 437 g/mol. The topological polar surface area (TPSA) is 106 Å². The lowest BCUT2D eigenvalue weighted by atomic mass is 9.83. The molecule has 3 N–H and O–H groups in total. The Bertz CT molecular complexity index is 1120. The number of aromatic amines is 1. The quantitative estimate of drug-likeness (QED) is 0.494. The van der Waals surface area contributed by atoms with Gasteiger partial charge in [-0.2, -0.15) is 5.10 Å². The number of ether oxygens (including phenoxy) is 3. The van der Waals surface area contributed by atoms with Crippen LogP contribution in [0, 0.1) is 0 Å². The van der Waals surface area contributed by atoms with E-state index in [0.29, 0.717) is 35.2 Å². The molecule has 1 aromatic heterocycles. The molecule has 0 bridgehead atoms. The Balaban J connectivity index is 1.81. The molecule has 1 atom stereocenters. The fraction of sp³-hybridized carbons (Fsp3) is 0.333. The number of carbonyl (C=O) groups excluding carboxylic acids is 1. The van der Waals surface area contributed by atoms with Crippen LogP contribution < -0.4 is 19.5 Å². The van der Waals surface area contributed by atoms with Crippen LogP contribution in [0.1, 0.15) is 42.4 Å². The third kappa shape index (κ3) is 4.01. The Hall–Kier alpha value is -3.52. The van der Waals surface area contributed by atoms with E-state index in [1.165, 1.54) is 0 Å². The van der Waals surface area contributed by atoms with Gasteiger partial charge in [0.25, 0.3) is 0 Å². The van der Waals surface area contributed by atoms with Crippen LogP contribution in [0.5, 0.6) is 17.2 Å². The molecule has 0 aliphatic carbocycles. The maximum atomic E-state index is 12.4. The summed E-state index contributed by atoms with van der Waals surface area (Å²) in [5.41, 5.74) is 4.05. The van der Waals surface area contributed by atoms with Crippen molar-refractivity contribution in [2.75, 3.05) is 26.1 Å². The summed E-state index contributed by atoms with van der Waals surface area (Å²) in [6.07, 6.45) is 1.14. The van der Waals surface area contributed by atoms with E-state index in [2.05, 4.69) is 15.5 Å². The molecule has 1 unspecified atom stereocenters. The molecule has 2 aromatic carbocycles. The van der Waals surface area contributed by atoms with Gasteiger partial charge in [0.1, 0.15) is 17.2 Å². The first-order valence-electron chi connectivity index (χ1n) is 10.6. The summed E-state index contributed by atoms with van der Waals surface area (Å²) < 4.78 is 16.7. The van der Waals surface area contributed by atoms with E-state index >= 15 is 0 Å². The molecule has 3 aromatic rings. The largest absolute Gasteiger partial charge is 0.497 e. The van der Waals surface area contributed by atoms with Crippen molar-refractivity contribution in [2.24, 2.45) is 0 Å². The SMILES string of the molecule is CCCOc1ccc(C2CC(=O)Nc3n[nH]c(-c4ccc(OC)cc4OC)c32)cc1CO. The molecule has 1 aliphatic rings. The van der Waals surface area contributed by atoms with E-state index < -0.39 is 0 Å². The van der Waals surface area contributed by atoms with Crippen molar-refractivity contribution in [3.8, 4) is 28.5 Å². The van der Waals surface area contributed by atoms with Crippen LogP contribution in [0.4, 0.5) is 5.82 Å². The maximum Gasteiger partial charge on any atom is 0.226 e. The van der Waals surface area contributed by atoms with Crippen molar-refractivity contribution in [1.82, 2.24) is 10.2 Å². The van der Waals surface area contributed by atoms with E-state index in [1.54, 1.807) is 14.2 Å². The van der Waals surface area contributed by atoms with E-state index in [1.807, 2.05) is 43.3 Å². The molecule has 1 amide bonds. The lowest BCUT2D eigenvalue weighted by Gasteiger charge is -2.25. The Morgan fingerprint density at radius 3 is 2.69 bits per heavy atom. The van der Waals surface area contributed by atoms with Gasteiger partial charge in [0, 0.05) is 35.1 Å². The predicted octanol–water partition coefficient (Wildman–Crippen LogP) is 3.85. The summed E-state index contributed by atoms with van der Waals surface area (Å²) in [6, 6.07) is 11.3. The number of aliphatic hydroxyl groups is 1. The molecule has 1 aliphatic heterocycles. The number of carbonyl (C=O) groups is 1. The second-order valence-electron chi connectivity index (χ2n) is 7.61. The zero-order valence-electron chi connectivity index (χ0n) is 18.4. The number of benzene rings is 2. The van der Waals surface area contributed by atoms with Crippen LogP contribution in [0.15, 0.2) is 36.4 Å². The number of nitrogens with zero attached hydrogens (tertiary/aromatic N) is 1. The van der Waals surface area contributed by atoms with Gasteiger partial charge in [0.15, 0.2) is 5.82 Å². The molecule has 8 nitrogen and oxygen atoms in total. The molecule has 0 radical (unpaired) electrons. The Morgan fingerprint density at radius 1 is 1.12 bits per heavy atom. The number of nitrogens with one attached hydrogen (secondary N) is 2. The maximum absolute atomic E-state index is 12.4. The molecule has 2 heterocycles. The van der Waals surface area contributed by atoms with Crippen molar-refractivity contribution in [3.05, 3.63) is 53.1 Å². The van der Waals surface area contributed by atoms with Crippen molar-refractivity contribution in [1.29, 1.82) is 0 Å². The van der Waals surface area contributed by atoms with Gasteiger partial charge in [-0.05, 0) is 36.2 Å². The minimum absolute atomic E-state index is 0.112. The number of aromatic nitrogens is 2. The van der Waals surface area contributed by atoms with Crippen molar-refractivity contribution in [2.45, 2.75) is 32.3 Å². The summed E-state index contributed by atoms with van der Waals surface area (Å²) in [5.74, 6) is 2.10. The Labute approximate surface area is 186 Å². The molecule has 168 valence electrons. The number of aliphatic hydroxyl groups excluding tert-OH is 1. The van der Waals surface area contributed by atoms with E-state index in [-0.39, 0.29) is 24.9 Å². The summed E-state index contributed by atoms with van der Waals surface area (Å²) >= 11 is 0. The lowest BCUT2D eigenvalue weighted by Crippen LogP contribution is -2.23. The van der Waals surface area contributed by atoms with Gasteiger partial charge in [-0.3, -0.25) is 9.89 Å². The fourth-order valence-electron chi connectivity index (χ4n) is 4.04. The van der Waals surface area contributed by atoms with Gasteiger partial charge < -0.3 is 24.6 Å².